The molecular weight excluding hydrogens is 238 g/mol. The van der Waals surface area contributed by atoms with Crippen molar-refractivity contribution in [3.05, 3.63) is 51.9 Å². The summed E-state index contributed by atoms with van der Waals surface area (Å²) in [6.45, 7) is 5.05. The molecule has 1 N–H and O–H groups in total. The second-order valence-corrected chi connectivity index (χ2v) is 5.07. The molecule has 0 bridgehead atoms. The van der Waals surface area contributed by atoms with Crippen LogP contribution in [0, 0.1) is 0 Å². The zero-order valence-electron chi connectivity index (χ0n) is 11.2. The van der Waals surface area contributed by atoms with Gasteiger partial charge in [0.2, 0.25) is 0 Å². The molecule has 0 saturated carbocycles. The number of para-hydroxylation sites is 1. The van der Waals surface area contributed by atoms with E-state index in [1.807, 2.05) is 30.3 Å². The van der Waals surface area contributed by atoms with Crippen LogP contribution in [0.15, 0.2) is 35.1 Å². The number of rotatable bonds is 3. The molecule has 3 rings (SSSR count). The molecule has 19 heavy (non-hydrogen) atoms. The van der Waals surface area contributed by atoms with E-state index in [2.05, 4.69) is 16.9 Å². The molecule has 0 unspecified atom stereocenters. The van der Waals surface area contributed by atoms with E-state index in [0.29, 0.717) is 0 Å². The van der Waals surface area contributed by atoms with Crippen molar-refractivity contribution < 1.29 is 0 Å². The maximum Gasteiger partial charge on any atom is 0.275 e. The van der Waals surface area contributed by atoms with Gasteiger partial charge in [-0.1, -0.05) is 25.1 Å². The molecule has 100 valence electrons. The molecule has 0 fully saturated rings. The lowest BCUT2D eigenvalue weighted by atomic mass is 10.1. The molecule has 0 amide bonds. The third kappa shape index (κ3) is 2.24. The van der Waals surface area contributed by atoms with E-state index in [0.717, 1.165) is 49.4 Å². The molecule has 1 aromatic heterocycles. The van der Waals surface area contributed by atoms with Crippen LogP contribution < -0.4 is 5.56 Å². The van der Waals surface area contributed by atoms with Gasteiger partial charge in [-0.3, -0.25) is 14.8 Å². The Morgan fingerprint density at radius 1 is 1.26 bits per heavy atom. The molecule has 1 aromatic carbocycles. The molecule has 1 aliphatic heterocycles. The molecule has 0 saturated heterocycles. The average Bonchev–Trinajstić information content (AvgIpc) is 2.78. The van der Waals surface area contributed by atoms with Gasteiger partial charge < -0.3 is 0 Å². The molecular formula is C15H19N3O. The molecule has 0 radical (unpaired) electrons. The SMILES string of the molecule is CCCN1CCc2[nH]n(-c3ccccc3)c(=O)c2C1. The monoisotopic (exact) mass is 257 g/mol. The van der Waals surface area contributed by atoms with Crippen LogP contribution in [0.3, 0.4) is 0 Å². The average molecular weight is 257 g/mol. The number of benzene rings is 1. The predicted molar refractivity (Wildman–Crippen MR) is 75.7 cm³/mol. The van der Waals surface area contributed by atoms with Gasteiger partial charge in [-0.05, 0) is 25.1 Å². The van der Waals surface area contributed by atoms with Gasteiger partial charge >= 0.3 is 0 Å². The lowest BCUT2D eigenvalue weighted by molar-refractivity contribution is 0.253. The summed E-state index contributed by atoms with van der Waals surface area (Å²) in [5.74, 6) is 0. The Kier molecular flexibility index (Phi) is 3.25. The van der Waals surface area contributed by atoms with Crippen LogP contribution in [0.25, 0.3) is 5.69 Å². The first-order valence-electron chi connectivity index (χ1n) is 6.90. The van der Waals surface area contributed by atoms with Crippen molar-refractivity contribution >= 4 is 0 Å². The minimum atomic E-state index is 0.0991. The van der Waals surface area contributed by atoms with Crippen molar-refractivity contribution in [1.29, 1.82) is 0 Å². The van der Waals surface area contributed by atoms with E-state index < -0.39 is 0 Å². The van der Waals surface area contributed by atoms with E-state index in [1.165, 1.54) is 0 Å². The van der Waals surface area contributed by atoms with Crippen molar-refractivity contribution in [2.24, 2.45) is 0 Å². The topological polar surface area (TPSA) is 41.0 Å². The first-order chi connectivity index (χ1) is 9.29. The van der Waals surface area contributed by atoms with Crippen molar-refractivity contribution in [3.63, 3.8) is 0 Å². The highest BCUT2D eigenvalue weighted by atomic mass is 16.1. The summed E-state index contributed by atoms with van der Waals surface area (Å²) in [5.41, 5.74) is 3.04. The molecule has 2 heterocycles. The minimum Gasteiger partial charge on any atom is -0.298 e. The highest BCUT2D eigenvalue weighted by Gasteiger charge is 2.22. The third-order valence-corrected chi connectivity index (χ3v) is 3.69. The van der Waals surface area contributed by atoms with E-state index in [9.17, 15) is 4.79 Å². The van der Waals surface area contributed by atoms with Crippen LogP contribution in [0.2, 0.25) is 0 Å². The van der Waals surface area contributed by atoms with E-state index in [1.54, 1.807) is 4.68 Å². The lowest BCUT2D eigenvalue weighted by Gasteiger charge is -2.24. The number of nitrogens with zero attached hydrogens (tertiary/aromatic N) is 2. The number of fused-ring (bicyclic) bond motifs is 1. The fourth-order valence-electron chi connectivity index (χ4n) is 2.73. The van der Waals surface area contributed by atoms with Gasteiger partial charge in [0.1, 0.15) is 0 Å². The van der Waals surface area contributed by atoms with E-state index in [4.69, 9.17) is 0 Å². The molecule has 0 aliphatic carbocycles. The molecule has 0 spiro atoms. The highest BCUT2D eigenvalue weighted by molar-refractivity contribution is 5.33. The summed E-state index contributed by atoms with van der Waals surface area (Å²) < 4.78 is 1.67. The van der Waals surface area contributed by atoms with Crippen molar-refractivity contribution in [2.75, 3.05) is 13.1 Å². The van der Waals surface area contributed by atoms with Crippen LogP contribution in [-0.2, 0) is 13.0 Å². The molecule has 2 aromatic rings. The standard InChI is InChI=1S/C15H19N3O/c1-2-9-17-10-8-14-13(11-17)15(19)18(16-14)12-6-4-3-5-7-12/h3-7,16H,2,8-11H2,1H3. The first kappa shape index (κ1) is 12.2. The van der Waals surface area contributed by atoms with Crippen molar-refractivity contribution in [2.45, 2.75) is 26.3 Å². The highest BCUT2D eigenvalue weighted by Crippen LogP contribution is 2.15. The van der Waals surface area contributed by atoms with Gasteiger partial charge in [-0.2, -0.15) is 0 Å². The van der Waals surface area contributed by atoms with Crippen LogP contribution in [-0.4, -0.2) is 27.8 Å². The quantitative estimate of drug-likeness (QED) is 0.913. The number of aromatic amines is 1. The van der Waals surface area contributed by atoms with Gasteiger partial charge in [0.05, 0.1) is 11.3 Å². The number of H-pyrrole nitrogens is 1. The number of hydrogen-bond donors (Lipinski definition) is 1. The fraction of sp³-hybridized carbons (Fsp3) is 0.400. The molecule has 4 heteroatoms. The van der Waals surface area contributed by atoms with Gasteiger partial charge in [0, 0.05) is 25.2 Å². The van der Waals surface area contributed by atoms with Crippen molar-refractivity contribution in [1.82, 2.24) is 14.7 Å². The maximum absolute atomic E-state index is 12.5. The number of nitrogens with one attached hydrogen (secondary N) is 1. The Bertz CT molecular complexity index is 612. The Morgan fingerprint density at radius 3 is 2.79 bits per heavy atom. The Balaban J connectivity index is 1.97. The zero-order valence-corrected chi connectivity index (χ0v) is 11.2. The van der Waals surface area contributed by atoms with Crippen LogP contribution in [0.1, 0.15) is 24.6 Å². The second-order valence-electron chi connectivity index (χ2n) is 5.07. The van der Waals surface area contributed by atoms with Gasteiger partial charge in [-0.25, -0.2) is 4.68 Å². The lowest BCUT2D eigenvalue weighted by Crippen LogP contribution is -2.33. The summed E-state index contributed by atoms with van der Waals surface area (Å²) in [4.78, 5) is 14.8. The van der Waals surface area contributed by atoms with Crippen molar-refractivity contribution in [3.8, 4) is 5.69 Å². The normalized spacial score (nSPS) is 15.4. The summed E-state index contributed by atoms with van der Waals surface area (Å²) in [6, 6.07) is 9.76. The predicted octanol–water partition coefficient (Wildman–Crippen LogP) is 1.93. The summed E-state index contributed by atoms with van der Waals surface area (Å²) >= 11 is 0. The van der Waals surface area contributed by atoms with E-state index >= 15 is 0 Å². The summed E-state index contributed by atoms with van der Waals surface area (Å²) in [7, 11) is 0. The molecule has 4 nitrogen and oxygen atoms in total. The Labute approximate surface area is 112 Å². The van der Waals surface area contributed by atoms with E-state index in [-0.39, 0.29) is 5.56 Å². The molecule has 1 aliphatic rings. The number of hydrogen-bond acceptors (Lipinski definition) is 2. The summed E-state index contributed by atoms with van der Waals surface area (Å²) in [6.07, 6.45) is 2.07. The van der Waals surface area contributed by atoms with Crippen LogP contribution in [0.4, 0.5) is 0 Å². The first-order valence-corrected chi connectivity index (χ1v) is 6.90. The number of aromatic nitrogens is 2. The molecule has 0 atom stereocenters. The van der Waals surface area contributed by atoms with Gasteiger partial charge in [-0.15, -0.1) is 0 Å². The van der Waals surface area contributed by atoms with Gasteiger partial charge in [0.15, 0.2) is 0 Å². The smallest absolute Gasteiger partial charge is 0.275 e. The summed E-state index contributed by atoms with van der Waals surface area (Å²) in [5, 5.41) is 3.26. The Hall–Kier alpha value is -1.81. The zero-order chi connectivity index (χ0) is 13.2. The fourth-order valence-corrected chi connectivity index (χ4v) is 2.73. The maximum atomic E-state index is 12.5. The van der Waals surface area contributed by atoms with Crippen LogP contribution in [0.5, 0.6) is 0 Å². The third-order valence-electron chi connectivity index (χ3n) is 3.69. The Morgan fingerprint density at radius 2 is 2.05 bits per heavy atom. The largest absolute Gasteiger partial charge is 0.298 e. The van der Waals surface area contributed by atoms with Crippen LogP contribution >= 0.6 is 0 Å². The second kappa shape index (κ2) is 5.05. The minimum absolute atomic E-state index is 0.0991. The van der Waals surface area contributed by atoms with Gasteiger partial charge in [0.25, 0.3) is 5.56 Å².